The quantitative estimate of drug-likeness (QED) is 0.415. The zero-order chi connectivity index (χ0) is 29.0. The Balaban J connectivity index is 1.60. The number of sulfonamides is 1. The second kappa shape index (κ2) is 12.0. The van der Waals surface area contributed by atoms with Crippen LogP contribution in [0.3, 0.4) is 0 Å². The largest absolute Gasteiger partial charge is 0.497 e. The second-order valence-corrected chi connectivity index (χ2v) is 11.7. The van der Waals surface area contributed by atoms with E-state index in [2.05, 4.69) is 4.72 Å². The lowest BCUT2D eigenvalue weighted by molar-refractivity contribution is -0.131. The molecule has 3 aromatic rings. The number of methoxy groups -OCH3 is 2. The summed E-state index contributed by atoms with van der Waals surface area (Å²) in [5, 5.41) is 0. The first-order chi connectivity index (χ1) is 19.0. The van der Waals surface area contributed by atoms with Gasteiger partial charge in [0, 0.05) is 32.4 Å². The molecule has 0 saturated carbocycles. The molecule has 0 saturated heterocycles. The van der Waals surface area contributed by atoms with E-state index >= 15 is 0 Å². The molecule has 0 heterocycles. The van der Waals surface area contributed by atoms with Crippen LogP contribution in [0.4, 0.5) is 5.69 Å². The summed E-state index contributed by atoms with van der Waals surface area (Å²) in [7, 11) is 3.85. The Bertz CT molecular complexity index is 1520. The number of carbonyl (C=O) groups excluding carboxylic acids is 2. The van der Waals surface area contributed by atoms with Gasteiger partial charge in [0.15, 0.2) is 0 Å². The normalized spacial score (nSPS) is 14.6. The third-order valence-electron chi connectivity index (χ3n) is 7.14. The summed E-state index contributed by atoms with van der Waals surface area (Å²) in [6, 6.07) is 17.0. The van der Waals surface area contributed by atoms with Crippen LogP contribution in [0, 0.1) is 0 Å². The van der Waals surface area contributed by atoms with Crippen LogP contribution in [0.2, 0.25) is 0 Å². The summed E-state index contributed by atoms with van der Waals surface area (Å²) < 4.78 is 40.2. The standard InChI is InChI=1S/C30H35N3O6S/c1-32(2)30(35)22-13-15-27(39-5)28(18-22)40(36,37)31-23-14-12-21-9-7-11-26(25(21)19-23)33(3)29(34)17-20-8-6-10-24(16-20)38-4/h6,8,10,12-16,18-19,26,31H,7,9,11,17H2,1-5H3. The van der Waals surface area contributed by atoms with E-state index in [1.807, 2.05) is 30.3 Å². The molecule has 40 heavy (non-hydrogen) atoms. The Hall–Kier alpha value is -4.05. The van der Waals surface area contributed by atoms with Crippen molar-refractivity contribution in [3.05, 3.63) is 82.9 Å². The van der Waals surface area contributed by atoms with Gasteiger partial charge < -0.3 is 19.3 Å². The number of benzene rings is 3. The zero-order valence-electron chi connectivity index (χ0n) is 23.4. The first-order valence-corrected chi connectivity index (χ1v) is 14.5. The van der Waals surface area contributed by atoms with Crippen LogP contribution in [0.1, 0.15) is 45.9 Å². The summed E-state index contributed by atoms with van der Waals surface area (Å²) in [5.74, 6) is 0.462. The number of amides is 2. The highest BCUT2D eigenvalue weighted by Crippen LogP contribution is 2.36. The first-order valence-electron chi connectivity index (χ1n) is 13.0. The molecule has 2 amide bonds. The highest BCUT2D eigenvalue weighted by Gasteiger charge is 2.28. The van der Waals surface area contributed by atoms with Crippen LogP contribution in [0.5, 0.6) is 11.5 Å². The molecule has 4 rings (SSSR count). The van der Waals surface area contributed by atoms with Crippen LogP contribution in [-0.4, -0.2) is 65.4 Å². The van der Waals surface area contributed by atoms with Crippen LogP contribution in [-0.2, 0) is 27.7 Å². The van der Waals surface area contributed by atoms with E-state index in [0.29, 0.717) is 11.4 Å². The van der Waals surface area contributed by atoms with Gasteiger partial charge in [-0.25, -0.2) is 8.42 Å². The average molecular weight is 566 g/mol. The fourth-order valence-electron chi connectivity index (χ4n) is 4.98. The van der Waals surface area contributed by atoms with Crippen LogP contribution in [0.15, 0.2) is 65.6 Å². The van der Waals surface area contributed by atoms with E-state index in [1.54, 1.807) is 45.3 Å². The van der Waals surface area contributed by atoms with Gasteiger partial charge >= 0.3 is 0 Å². The lowest BCUT2D eigenvalue weighted by Crippen LogP contribution is -2.34. The van der Waals surface area contributed by atoms with Gasteiger partial charge in [-0.1, -0.05) is 18.2 Å². The fraction of sp³-hybridized carbons (Fsp3) is 0.333. The molecule has 0 radical (unpaired) electrons. The molecule has 9 nitrogen and oxygen atoms in total. The summed E-state index contributed by atoms with van der Waals surface area (Å²) in [5.41, 5.74) is 3.45. The lowest BCUT2D eigenvalue weighted by Gasteiger charge is -2.34. The Morgan fingerprint density at radius 3 is 2.45 bits per heavy atom. The van der Waals surface area contributed by atoms with Crippen LogP contribution in [0.25, 0.3) is 0 Å². The van der Waals surface area contributed by atoms with Gasteiger partial charge in [-0.2, -0.15) is 0 Å². The highest BCUT2D eigenvalue weighted by molar-refractivity contribution is 7.92. The topological polar surface area (TPSA) is 105 Å². The number of fused-ring (bicyclic) bond motifs is 1. The van der Waals surface area contributed by atoms with Crippen molar-refractivity contribution < 1.29 is 27.5 Å². The minimum absolute atomic E-state index is 0.0378. The van der Waals surface area contributed by atoms with Crippen molar-refractivity contribution in [2.45, 2.75) is 36.6 Å². The maximum atomic E-state index is 13.5. The fourth-order valence-corrected chi connectivity index (χ4v) is 6.23. The molecule has 0 bridgehead atoms. The summed E-state index contributed by atoms with van der Waals surface area (Å²) in [6.45, 7) is 0. The molecule has 1 unspecified atom stereocenters. The van der Waals surface area contributed by atoms with Gasteiger partial charge in [-0.15, -0.1) is 0 Å². The minimum atomic E-state index is -4.10. The number of nitrogens with one attached hydrogen (secondary N) is 1. The van der Waals surface area contributed by atoms with Crippen molar-refractivity contribution in [1.29, 1.82) is 0 Å². The molecule has 0 aliphatic heterocycles. The van der Waals surface area contributed by atoms with E-state index in [1.165, 1.54) is 30.2 Å². The SMILES string of the molecule is COc1cccc(CC(=O)N(C)C2CCCc3ccc(NS(=O)(=O)c4cc(C(=O)N(C)C)ccc4OC)cc32)c1. The molecule has 0 spiro atoms. The highest BCUT2D eigenvalue weighted by atomic mass is 32.2. The van der Waals surface area contributed by atoms with Gasteiger partial charge in [-0.3, -0.25) is 14.3 Å². The molecule has 1 aliphatic carbocycles. The number of ether oxygens (including phenoxy) is 2. The number of aryl methyl sites for hydroxylation is 1. The molecular formula is C30H35N3O6S. The van der Waals surface area contributed by atoms with Crippen molar-refractivity contribution in [2.24, 2.45) is 0 Å². The first kappa shape index (κ1) is 28.9. The Labute approximate surface area is 235 Å². The molecule has 212 valence electrons. The Morgan fingerprint density at radius 1 is 0.975 bits per heavy atom. The number of anilines is 1. The molecule has 3 aromatic carbocycles. The van der Waals surface area contributed by atoms with Crippen molar-refractivity contribution in [2.75, 3.05) is 40.1 Å². The number of rotatable bonds is 9. The van der Waals surface area contributed by atoms with Gasteiger partial charge in [-0.05, 0) is 78.4 Å². The lowest BCUT2D eigenvalue weighted by atomic mass is 9.86. The van der Waals surface area contributed by atoms with Gasteiger partial charge in [0.2, 0.25) is 5.91 Å². The van der Waals surface area contributed by atoms with E-state index in [9.17, 15) is 18.0 Å². The third-order valence-corrected chi connectivity index (χ3v) is 8.54. The summed E-state index contributed by atoms with van der Waals surface area (Å²) in [6.07, 6.45) is 2.77. The number of likely N-dealkylation sites (N-methyl/N-ethyl adjacent to an activating group) is 1. The zero-order valence-corrected chi connectivity index (χ0v) is 24.2. The van der Waals surface area contributed by atoms with Gasteiger partial charge in [0.05, 0.1) is 26.7 Å². The second-order valence-electron chi connectivity index (χ2n) is 10.0. The molecule has 10 heteroatoms. The number of hydrogen-bond acceptors (Lipinski definition) is 6. The van der Waals surface area contributed by atoms with Crippen molar-refractivity contribution in [3.63, 3.8) is 0 Å². The number of carbonyl (C=O) groups is 2. The van der Waals surface area contributed by atoms with Crippen molar-refractivity contribution >= 4 is 27.5 Å². The maximum absolute atomic E-state index is 13.5. The van der Waals surface area contributed by atoms with Crippen LogP contribution >= 0.6 is 0 Å². The molecular weight excluding hydrogens is 530 g/mol. The predicted octanol–water partition coefficient (Wildman–Crippen LogP) is 4.28. The number of hydrogen-bond donors (Lipinski definition) is 1. The summed E-state index contributed by atoms with van der Waals surface area (Å²) in [4.78, 5) is 28.7. The van der Waals surface area contributed by atoms with Crippen molar-refractivity contribution in [1.82, 2.24) is 9.80 Å². The number of nitrogens with zero attached hydrogens (tertiary/aromatic N) is 2. The predicted molar refractivity (Wildman–Crippen MR) is 153 cm³/mol. The molecule has 1 aliphatic rings. The Kier molecular flexibility index (Phi) is 8.68. The van der Waals surface area contributed by atoms with Crippen molar-refractivity contribution in [3.8, 4) is 11.5 Å². The molecule has 0 fully saturated rings. The van der Waals surface area contributed by atoms with Gasteiger partial charge in [0.25, 0.3) is 15.9 Å². The minimum Gasteiger partial charge on any atom is -0.497 e. The van der Waals surface area contributed by atoms with E-state index < -0.39 is 10.0 Å². The van der Waals surface area contributed by atoms with Crippen LogP contribution < -0.4 is 14.2 Å². The monoisotopic (exact) mass is 565 g/mol. The summed E-state index contributed by atoms with van der Waals surface area (Å²) >= 11 is 0. The molecule has 0 aromatic heterocycles. The van der Waals surface area contributed by atoms with E-state index in [0.717, 1.165) is 36.0 Å². The molecule has 1 N–H and O–H groups in total. The maximum Gasteiger partial charge on any atom is 0.265 e. The van der Waals surface area contributed by atoms with E-state index in [-0.39, 0.29) is 40.5 Å². The molecule has 1 atom stereocenters. The third kappa shape index (κ3) is 6.22. The Morgan fingerprint density at radius 2 is 1.75 bits per heavy atom. The van der Waals surface area contributed by atoms with E-state index in [4.69, 9.17) is 9.47 Å². The average Bonchev–Trinajstić information content (AvgIpc) is 2.95. The smallest absolute Gasteiger partial charge is 0.265 e. The van der Waals surface area contributed by atoms with Gasteiger partial charge in [0.1, 0.15) is 16.4 Å².